The number of hydrogen-bond acceptors (Lipinski definition) is 5. The number of thiazole rings is 1. The molecule has 2 amide bonds. The van der Waals surface area contributed by atoms with Crippen molar-refractivity contribution in [2.45, 2.75) is 25.3 Å². The third kappa shape index (κ3) is 4.68. The molecule has 7 nitrogen and oxygen atoms in total. The molecule has 0 saturated heterocycles. The van der Waals surface area contributed by atoms with E-state index in [0.29, 0.717) is 37.2 Å². The highest BCUT2D eigenvalue weighted by atomic mass is 32.1. The molecular formula is C13H19N3O4S. The van der Waals surface area contributed by atoms with Crippen molar-refractivity contribution in [2.24, 2.45) is 0 Å². The Balaban J connectivity index is 1.75. The fourth-order valence-electron chi connectivity index (χ4n) is 1.93. The van der Waals surface area contributed by atoms with E-state index >= 15 is 0 Å². The lowest BCUT2D eigenvalue weighted by molar-refractivity contribution is 0.0691. The van der Waals surface area contributed by atoms with Gasteiger partial charge in [-0.2, -0.15) is 0 Å². The average Bonchev–Trinajstić information content (AvgIpc) is 3.17. The molecule has 1 heterocycles. The van der Waals surface area contributed by atoms with Crippen molar-refractivity contribution in [1.29, 1.82) is 0 Å². The number of nitrogens with zero attached hydrogens (tertiary/aromatic N) is 2. The molecule has 1 aliphatic carbocycles. The fraction of sp³-hybridized carbons (Fsp3) is 0.615. The molecule has 1 aromatic heterocycles. The first-order chi connectivity index (χ1) is 10.1. The van der Waals surface area contributed by atoms with Gasteiger partial charge in [0.2, 0.25) is 0 Å². The van der Waals surface area contributed by atoms with Crippen molar-refractivity contribution in [1.82, 2.24) is 15.2 Å². The van der Waals surface area contributed by atoms with Crippen LogP contribution in [0.4, 0.5) is 4.79 Å². The van der Waals surface area contributed by atoms with E-state index in [2.05, 4.69) is 10.3 Å². The zero-order valence-electron chi connectivity index (χ0n) is 11.9. The van der Waals surface area contributed by atoms with Crippen molar-refractivity contribution >= 4 is 23.3 Å². The summed E-state index contributed by atoms with van der Waals surface area (Å²) >= 11 is 1.29. The van der Waals surface area contributed by atoms with Gasteiger partial charge in [-0.05, 0) is 12.8 Å². The highest BCUT2D eigenvalue weighted by Crippen LogP contribution is 2.26. The second-order valence-corrected chi connectivity index (χ2v) is 5.77. The average molecular weight is 313 g/mol. The highest BCUT2D eigenvalue weighted by Gasteiger charge is 2.32. The number of rotatable bonds is 8. The van der Waals surface area contributed by atoms with Gasteiger partial charge in [0.15, 0.2) is 5.69 Å². The van der Waals surface area contributed by atoms with Gasteiger partial charge in [-0.3, -0.25) is 0 Å². The predicted molar refractivity (Wildman–Crippen MR) is 77.8 cm³/mol. The van der Waals surface area contributed by atoms with Crippen molar-refractivity contribution < 1.29 is 19.4 Å². The number of carbonyl (C=O) groups excluding carboxylic acids is 1. The molecule has 0 aromatic carbocycles. The summed E-state index contributed by atoms with van der Waals surface area (Å²) < 4.78 is 5.01. The van der Waals surface area contributed by atoms with E-state index in [4.69, 9.17) is 9.84 Å². The summed E-state index contributed by atoms with van der Waals surface area (Å²) in [5, 5.41) is 13.9. The monoisotopic (exact) mass is 313 g/mol. The van der Waals surface area contributed by atoms with Crippen molar-refractivity contribution in [2.75, 3.05) is 26.8 Å². The first-order valence-electron chi connectivity index (χ1n) is 6.83. The molecule has 0 unspecified atom stereocenters. The number of aromatic nitrogens is 1. The molecule has 1 saturated carbocycles. The molecule has 8 heteroatoms. The van der Waals surface area contributed by atoms with Gasteiger partial charge in [-0.1, -0.05) is 0 Å². The molecule has 0 aliphatic heterocycles. The van der Waals surface area contributed by atoms with Gasteiger partial charge in [0, 0.05) is 38.0 Å². The Morgan fingerprint density at radius 3 is 2.90 bits per heavy atom. The van der Waals surface area contributed by atoms with Gasteiger partial charge in [-0.15, -0.1) is 11.3 Å². The van der Waals surface area contributed by atoms with E-state index in [1.807, 2.05) is 0 Å². The minimum atomic E-state index is -1.03. The van der Waals surface area contributed by atoms with Crippen LogP contribution in [0.2, 0.25) is 0 Å². The summed E-state index contributed by atoms with van der Waals surface area (Å²) in [7, 11) is 1.62. The Kier molecular flexibility index (Phi) is 5.51. The Bertz CT molecular complexity index is 501. The van der Waals surface area contributed by atoms with Gasteiger partial charge >= 0.3 is 12.0 Å². The van der Waals surface area contributed by atoms with Gasteiger partial charge in [0.25, 0.3) is 0 Å². The lowest BCUT2D eigenvalue weighted by atomic mass is 10.4. The summed E-state index contributed by atoms with van der Waals surface area (Å²) in [4.78, 5) is 28.6. The molecule has 1 aliphatic rings. The van der Waals surface area contributed by atoms with Crippen LogP contribution in [0, 0.1) is 0 Å². The number of hydrogen-bond donors (Lipinski definition) is 2. The number of ether oxygens (including phenoxy) is 1. The third-order valence-electron chi connectivity index (χ3n) is 3.17. The second kappa shape index (κ2) is 7.37. The molecular weight excluding hydrogens is 294 g/mol. The maximum absolute atomic E-state index is 12.1. The normalized spacial score (nSPS) is 14.0. The van der Waals surface area contributed by atoms with Crippen LogP contribution in [-0.2, 0) is 11.2 Å². The largest absolute Gasteiger partial charge is 0.476 e. The van der Waals surface area contributed by atoms with Gasteiger partial charge in [0.1, 0.15) is 0 Å². The zero-order valence-corrected chi connectivity index (χ0v) is 12.7. The van der Waals surface area contributed by atoms with Crippen LogP contribution in [0.25, 0.3) is 0 Å². The number of aromatic carboxylic acids is 1. The lowest BCUT2D eigenvalue weighted by Gasteiger charge is -2.22. The van der Waals surface area contributed by atoms with Crippen LogP contribution < -0.4 is 5.32 Å². The van der Waals surface area contributed by atoms with Crippen LogP contribution in [-0.4, -0.2) is 59.8 Å². The van der Waals surface area contributed by atoms with Crippen LogP contribution in [0.1, 0.15) is 28.3 Å². The number of methoxy groups -OCH3 is 1. The molecule has 0 bridgehead atoms. The smallest absolute Gasteiger partial charge is 0.355 e. The number of amides is 2. The van der Waals surface area contributed by atoms with Crippen molar-refractivity contribution in [3.8, 4) is 0 Å². The summed E-state index contributed by atoms with van der Waals surface area (Å²) in [6, 6.07) is 0.239. The summed E-state index contributed by atoms with van der Waals surface area (Å²) in [6.07, 6.45) is 2.63. The number of urea groups is 1. The number of carboxylic acid groups (broad SMARTS) is 1. The fourth-order valence-corrected chi connectivity index (χ4v) is 2.70. The number of nitrogens with one attached hydrogen (secondary N) is 1. The second-order valence-electron chi connectivity index (χ2n) is 4.83. The van der Waals surface area contributed by atoms with E-state index in [9.17, 15) is 9.59 Å². The number of carboxylic acids is 1. The van der Waals surface area contributed by atoms with E-state index < -0.39 is 5.97 Å². The first-order valence-corrected chi connectivity index (χ1v) is 7.71. The summed E-state index contributed by atoms with van der Waals surface area (Å²) in [5.74, 6) is -1.03. The van der Waals surface area contributed by atoms with E-state index in [1.165, 1.54) is 16.7 Å². The Morgan fingerprint density at radius 2 is 2.33 bits per heavy atom. The molecule has 0 radical (unpaired) electrons. The topological polar surface area (TPSA) is 91.8 Å². The van der Waals surface area contributed by atoms with E-state index in [-0.39, 0.29) is 11.7 Å². The Hall–Kier alpha value is -1.67. The molecule has 0 spiro atoms. The molecule has 1 aromatic rings. The van der Waals surface area contributed by atoms with Crippen LogP contribution in [0.5, 0.6) is 0 Å². The number of carbonyl (C=O) groups is 2. The van der Waals surface area contributed by atoms with Gasteiger partial charge < -0.3 is 20.1 Å². The van der Waals surface area contributed by atoms with Crippen LogP contribution >= 0.6 is 11.3 Å². The minimum Gasteiger partial charge on any atom is -0.476 e. The maximum atomic E-state index is 12.1. The molecule has 2 N–H and O–H groups in total. The van der Waals surface area contributed by atoms with Crippen LogP contribution in [0.15, 0.2) is 5.38 Å². The van der Waals surface area contributed by atoms with E-state index in [0.717, 1.165) is 12.8 Å². The first kappa shape index (κ1) is 15.7. The van der Waals surface area contributed by atoms with Crippen molar-refractivity contribution in [3.63, 3.8) is 0 Å². The van der Waals surface area contributed by atoms with Crippen molar-refractivity contribution in [3.05, 3.63) is 16.1 Å². The molecule has 0 atom stereocenters. The Morgan fingerprint density at radius 1 is 1.57 bits per heavy atom. The lowest BCUT2D eigenvalue weighted by Crippen LogP contribution is -2.43. The SMILES string of the molecule is COCCN(C(=O)NCCc1nc(C(=O)O)cs1)C1CC1. The summed E-state index contributed by atoms with van der Waals surface area (Å²) in [6.45, 7) is 1.56. The standard InChI is InChI=1S/C13H19N3O4S/c1-20-7-6-16(9-2-3-9)13(19)14-5-4-11-15-10(8-21-11)12(17)18/h8-9H,2-7H2,1H3,(H,14,19)(H,17,18). The zero-order chi connectivity index (χ0) is 15.2. The van der Waals surface area contributed by atoms with Gasteiger partial charge in [-0.25, -0.2) is 14.6 Å². The quantitative estimate of drug-likeness (QED) is 0.752. The molecule has 21 heavy (non-hydrogen) atoms. The maximum Gasteiger partial charge on any atom is 0.355 e. The molecule has 1 fully saturated rings. The third-order valence-corrected chi connectivity index (χ3v) is 4.08. The highest BCUT2D eigenvalue weighted by molar-refractivity contribution is 7.09. The van der Waals surface area contributed by atoms with E-state index in [1.54, 1.807) is 12.0 Å². The Labute approximate surface area is 126 Å². The summed E-state index contributed by atoms with van der Waals surface area (Å²) in [5.41, 5.74) is 0.0565. The van der Waals surface area contributed by atoms with Gasteiger partial charge in [0.05, 0.1) is 11.6 Å². The van der Waals surface area contributed by atoms with Crippen LogP contribution in [0.3, 0.4) is 0 Å². The molecule has 116 valence electrons. The minimum absolute atomic E-state index is 0.0565. The predicted octanol–water partition coefficient (Wildman–Crippen LogP) is 1.20. The molecule has 2 rings (SSSR count).